The Morgan fingerprint density at radius 1 is 1.27 bits per heavy atom. The molecule has 0 saturated carbocycles. The minimum atomic E-state index is -0.119. The van der Waals surface area contributed by atoms with Crippen LogP contribution in [0.5, 0.6) is 0 Å². The van der Waals surface area contributed by atoms with Gasteiger partial charge in [-0.2, -0.15) is 0 Å². The molecule has 0 spiro atoms. The molecule has 1 atom stereocenters. The summed E-state index contributed by atoms with van der Waals surface area (Å²) >= 11 is 0. The zero-order valence-corrected chi connectivity index (χ0v) is 10.5. The van der Waals surface area contributed by atoms with Crippen molar-refractivity contribution in [1.82, 2.24) is 5.32 Å². The highest BCUT2D eigenvalue weighted by atomic mass is 16.5. The summed E-state index contributed by atoms with van der Waals surface area (Å²) in [5, 5.41) is 3.41. The Morgan fingerprint density at radius 2 is 1.93 bits per heavy atom. The van der Waals surface area contributed by atoms with E-state index in [1.807, 2.05) is 0 Å². The standard InChI is InChI=1S/C12H25NO2/c1-10(2)7-8-11(3)13-9-5-6-12(14)15-4/h10-11,13H,5-9H2,1-4H3. The van der Waals surface area contributed by atoms with Crippen LogP contribution in [0.25, 0.3) is 0 Å². The molecule has 0 aliphatic carbocycles. The van der Waals surface area contributed by atoms with Crippen molar-refractivity contribution in [3.8, 4) is 0 Å². The van der Waals surface area contributed by atoms with Gasteiger partial charge in [0.1, 0.15) is 0 Å². The lowest BCUT2D eigenvalue weighted by molar-refractivity contribution is -0.140. The Kier molecular flexibility index (Phi) is 8.38. The number of esters is 1. The van der Waals surface area contributed by atoms with Gasteiger partial charge in [0.2, 0.25) is 0 Å². The van der Waals surface area contributed by atoms with Crippen LogP contribution in [0.2, 0.25) is 0 Å². The van der Waals surface area contributed by atoms with Crippen molar-refractivity contribution in [2.24, 2.45) is 5.92 Å². The van der Waals surface area contributed by atoms with Crippen molar-refractivity contribution in [2.45, 2.75) is 52.5 Å². The summed E-state index contributed by atoms with van der Waals surface area (Å²) in [4.78, 5) is 10.8. The van der Waals surface area contributed by atoms with E-state index >= 15 is 0 Å². The Hall–Kier alpha value is -0.570. The van der Waals surface area contributed by atoms with E-state index in [1.165, 1.54) is 20.0 Å². The normalized spacial score (nSPS) is 12.9. The Bertz CT molecular complexity index is 169. The van der Waals surface area contributed by atoms with Crippen LogP contribution in [0.15, 0.2) is 0 Å². The average Bonchev–Trinajstić information content (AvgIpc) is 2.21. The second-order valence-electron chi connectivity index (χ2n) is 4.51. The molecular weight excluding hydrogens is 190 g/mol. The summed E-state index contributed by atoms with van der Waals surface area (Å²) in [6, 6.07) is 0.546. The molecule has 0 rings (SSSR count). The van der Waals surface area contributed by atoms with E-state index < -0.39 is 0 Å². The van der Waals surface area contributed by atoms with Gasteiger partial charge in [-0.3, -0.25) is 4.79 Å². The van der Waals surface area contributed by atoms with E-state index in [1.54, 1.807) is 0 Å². The van der Waals surface area contributed by atoms with Gasteiger partial charge in [-0.05, 0) is 38.6 Å². The van der Waals surface area contributed by atoms with E-state index in [0.717, 1.165) is 18.9 Å². The molecule has 0 amide bonds. The number of carbonyl (C=O) groups excluding carboxylic acids is 1. The monoisotopic (exact) mass is 215 g/mol. The van der Waals surface area contributed by atoms with Gasteiger partial charge in [-0.1, -0.05) is 13.8 Å². The van der Waals surface area contributed by atoms with Crippen molar-refractivity contribution in [1.29, 1.82) is 0 Å². The molecule has 0 radical (unpaired) electrons. The van der Waals surface area contributed by atoms with Crippen LogP contribution in [0.3, 0.4) is 0 Å². The number of rotatable bonds is 8. The topological polar surface area (TPSA) is 38.3 Å². The largest absolute Gasteiger partial charge is 0.469 e. The molecule has 0 heterocycles. The van der Waals surface area contributed by atoms with E-state index in [9.17, 15) is 4.79 Å². The first-order valence-corrected chi connectivity index (χ1v) is 5.86. The number of nitrogens with one attached hydrogen (secondary N) is 1. The lowest BCUT2D eigenvalue weighted by Gasteiger charge is -2.14. The molecular formula is C12H25NO2. The lowest BCUT2D eigenvalue weighted by atomic mass is 10.0. The van der Waals surface area contributed by atoms with Crippen LogP contribution in [0.1, 0.15) is 46.5 Å². The number of methoxy groups -OCH3 is 1. The third kappa shape index (κ3) is 9.73. The molecule has 0 aromatic carbocycles. The first-order valence-electron chi connectivity index (χ1n) is 5.86. The minimum absolute atomic E-state index is 0.119. The summed E-state index contributed by atoms with van der Waals surface area (Å²) < 4.78 is 4.57. The highest BCUT2D eigenvalue weighted by molar-refractivity contribution is 5.69. The summed E-state index contributed by atoms with van der Waals surface area (Å²) in [6.07, 6.45) is 3.83. The fourth-order valence-electron chi connectivity index (χ4n) is 1.37. The molecule has 0 aliphatic heterocycles. The number of carbonyl (C=O) groups is 1. The summed E-state index contributed by atoms with van der Waals surface area (Å²) in [7, 11) is 1.43. The Labute approximate surface area is 93.6 Å². The second kappa shape index (κ2) is 8.72. The molecule has 0 saturated heterocycles. The predicted molar refractivity (Wildman–Crippen MR) is 62.8 cm³/mol. The number of hydrogen-bond acceptors (Lipinski definition) is 3. The van der Waals surface area contributed by atoms with E-state index in [-0.39, 0.29) is 5.97 Å². The third-order valence-electron chi connectivity index (χ3n) is 2.46. The molecule has 0 aromatic heterocycles. The molecule has 0 fully saturated rings. The molecule has 3 heteroatoms. The van der Waals surface area contributed by atoms with Crippen molar-refractivity contribution in [3.63, 3.8) is 0 Å². The van der Waals surface area contributed by atoms with E-state index in [4.69, 9.17) is 0 Å². The maximum Gasteiger partial charge on any atom is 0.305 e. The molecule has 0 aromatic rings. The first-order chi connectivity index (χ1) is 7.06. The summed E-state index contributed by atoms with van der Waals surface area (Å²) in [5.41, 5.74) is 0. The predicted octanol–water partition coefficient (Wildman–Crippen LogP) is 2.35. The van der Waals surface area contributed by atoms with Gasteiger partial charge < -0.3 is 10.1 Å². The van der Waals surface area contributed by atoms with Crippen LogP contribution in [0.4, 0.5) is 0 Å². The van der Waals surface area contributed by atoms with Crippen molar-refractivity contribution in [3.05, 3.63) is 0 Å². The van der Waals surface area contributed by atoms with Gasteiger partial charge in [0.25, 0.3) is 0 Å². The number of ether oxygens (including phenoxy) is 1. The molecule has 0 bridgehead atoms. The lowest BCUT2D eigenvalue weighted by Crippen LogP contribution is -2.27. The van der Waals surface area contributed by atoms with Crippen LogP contribution >= 0.6 is 0 Å². The van der Waals surface area contributed by atoms with Gasteiger partial charge in [-0.15, -0.1) is 0 Å². The smallest absolute Gasteiger partial charge is 0.305 e. The first kappa shape index (κ1) is 14.4. The Morgan fingerprint density at radius 3 is 2.47 bits per heavy atom. The average molecular weight is 215 g/mol. The van der Waals surface area contributed by atoms with Gasteiger partial charge in [0.05, 0.1) is 7.11 Å². The molecule has 90 valence electrons. The highest BCUT2D eigenvalue weighted by Gasteiger charge is 2.04. The van der Waals surface area contributed by atoms with Crippen LogP contribution < -0.4 is 5.32 Å². The molecule has 1 unspecified atom stereocenters. The molecule has 1 N–H and O–H groups in total. The van der Waals surface area contributed by atoms with Gasteiger partial charge >= 0.3 is 5.97 Å². The molecule has 15 heavy (non-hydrogen) atoms. The van der Waals surface area contributed by atoms with Gasteiger partial charge in [0.15, 0.2) is 0 Å². The maximum atomic E-state index is 10.8. The minimum Gasteiger partial charge on any atom is -0.469 e. The molecule has 3 nitrogen and oxygen atoms in total. The van der Waals surface area contributed by atoms with Crippen molar-refractivity contribution in [2.75, 3.05) is 13.7 Å². The quantitative estimate of drug-likeness (QED) is 0.499. The van der Waals surface area contributed by atoms with Crippen LogP contribution in [-0.4, -0.2) is 25.7 Å². The van der Waals surface area contributed by atoms with E-state index in [2.05, 4.69) is 30.8 Å². The fraction of sp³-hybridized carbons (Fsp3) is 0.917. The van der Waals surface area contributed by atoms with Crippen LogP contribution in [0, 0.1) is 5.92 Å². The van der Waals surface area contributed by atoms with Gasteiger partial charge in [0, 0.05) is 12.5 Å². The summed E-state index contributed by atoms with van der Waals surface area (Å²) in [5.74, 6) is 0.649. The fourth-order valence-corrected chi connectivity index (χ4v) is 1.37. The van der Waals surface area contributed by atoms with Crippen molar-refractivity contribution < 1.29 is 9.53 Å². The molecule has 0 aliphatic rings. The van der Waals surface area contributed by atoms with Gasteiger partial charge in [-0.25, -0.2) is 0 Å². The zero-order valence-electron chi connectivity index (χ0n) is 10.5. The van der Waals surface area contributed by atoms with Crippen LogP contribution in [-0.2, 0) is 9.53 Å². The number of hydrogen-bond donors (Lipinski definition) is 1. The third-order valence-corrected chi connectivity index (χ3v) is 2.46. The maximum absolute atomic E-state index is 10.8. The second-order valence-corrected chi connectivity index (χ2v) is 4.51. The summed E-state index contributed by atoms with van der Waals surface area (Å²) in [6.45, 7) is 7.57. The van der Waals surface area contributed by atoms with Crippen molar-refractivity contribution >= 4 is 5.97 Å². The Balaban J connectivity index is 3.31. The zero-order chi connectivity index (χ0) is 11.7. The van der Waals surface area contributed by atoms with E-state index in [0.29, 0.717) is 12.5 Å². The highest BCUT2D eigenvalue weighted by Crippen LogP contribution is 2.06. The SMILES string of the molecule is COC(=O)CCCNC(C)CCC(C)C.